The molecule has 6 nitrogen and oxygen atoms in total. The molecule has 1 amide bonds. The van der Waals surface area contributed by atoms with Gasteiger partial charge in [-0.15, -0.1) is 0 Å². The van der Waals surface area contributed by atoms with Crippen LogP contribution in [0.2, 0.25) is 0 Å². The Balaban J connectivity index is 1.78. The smallest absolute Gasteiger partial charge is 0.230 e. The Bertz CT molecular complexity index is 547. The highest BCUT2D eigenvalue weighted by molar-refractivity contribution is 5.80. The average Bonchev–Trinajstić information content (AvgIpc) is 3.05. The van der Waals surface area contributed by atoms with Gasteiger partial charge in [-0.1, -0.05) is 31.2 Å². The molecule has 2 aliphatic rings. The summed E-state index contributed by atoms with van der Waals surface area (Å²) in [6, 6.07) is 0. The Hall–Kier alpha value is -1.69. The summed E-state index contributed by atoms with van der Waals surface area (Å²) in [5, 5.41) is 4.04. The maximum atomic E-state index is 12.8. The lowest BCUT2D eigenvalue weighted by atomic mass is 9.81. The molecule has 1 aromatic heterocycles. The first kappa shape index (κ1) is 15.2. The van der Waals surface area contributed by atoms with Gasteiger partial charge in [0.2, 0.25) is 11.8 Å². The van der Waals surface area contributed by atoms with Crippen molar-refractivity contribution in [1.29, 1.82) is 0 Å². The van der Waals surface area contributed by atoms with Crippen LogP contribution in [0, 0.1) is 5.92 Å². The van der Waals surface area contributed by atoms with E-state index in [0.29, 0.717) is 38.0 Å². The molecule has 0 bridgehead atoms. The molecule has 120 valence electrons. The molecule has 3 rings (SSSR count). The van der Waals surface area contributed by atoms with Crippen LogP contribution in [0.3, 0.4) is 0 Å². The predicted molar refractivity (Wildman–Crippen MR) is 80.4 cm³/mol. The molecule has 0 radical (unpaired) electrons. The molecule has 22 heavy (non-hydrogen) atoms. The fraction of sp³-hybridized carbons (Fsp3) is 0.688. The van der Waals surface area contributed by atoms with Gasteiger partial charge in [0, 0.05) is 19.0 Å². The van der Waals surface area contributed by atoms with Gasteiger partial charge in [0.15, 0.2) is 5.82 Å². The van der Waals surface area contributed by atoms with E-state index in [9.17, 15) is 4.79 Å². The van der Waals surface area contributed by atoms with Crippen molar-refractivity contribution < 1.29 is 14.1 Å². The van der Waals surface area contributed by atoms with Gasteiger partial charge in [0.25, 0.3) is 0 Å². The molecule has 0 saturated carbocycles. The van der Waals surface area contributed by atoms with Crippen LogP contribution in [0.4, 0.5) is 0 Å². The monoisotopic (exact) mass is 305 g/mol. The van der Waals surface area contributed by atoms with E-state index in [1.807, 2.05) is 18.7 Å². The highest BCUT2D eigenvalue weighted by atomic mass is 16.5. The molecule has 1 aliphatic heterocycles. The number of ether oxygens (including phenoxy) is 1. The number of allylic oxidation sites excluding steroid dienone is 2. The van der Waals surface area contributed by atoms with Crippen LogP contribution in [-0.2, 0) is 9.53 Å². The summed E-state index contributed by atoms with van der Waals surface area (Å²) in [5.41, 5.74) is 0. The van der Waals surface area contributed by atoms with Gasteiger partial charge in [-0.2, -0.15) is 4.98 Å². The van der Waals surface area contributed by atoms with Crippen LogP contribution < -0.4 is 0 Å². The second-order valence-electron chi connectivity index (χ2n) is 6.24. The summed E-state index contributed by atoms with van der Waals surface area (Å²) in [7, 11) is 0. The maximum absolute atomic E-state index is 12.8. The van der Waals surface area contributed by atoms with Crippen LogP contribution >= 0.6 is 0 Å². The summed E-state index contributed by atoms with van der Waals surface area (Å²) in [5.74, 6) is 1.60. The summed E-state index contributed by atoms with van der Waals surface area (Å²) < 4.78 is 10.8. The molecule has 0 unspecified atom stereocenters. The standard InChI is InChI=1S/C16H23N3O3/c1-11(2)14-17-15(22-18-14)12-5-3-4-6-13(12)16(20)19-7-9-21-10-8-19/h3-4,11-13H,5-10H2,1-2H3/t12-,13+/m0/s1. The lowest BCUT2D eigenvalue weighted by Gasteiger charge is -2.33. The van der Waals surface area contributed by atoms with Crippen molar-refractivity contribution in [2.45, 2.75) is 38.5 Å². The van der Waals surface area contributed by atoms with Gasteiger partial charge >= 0.3 is 0 Å². The number of aromatic nitrogens is 2. The van der Waals surface area contributed by atoms with Crippen molar-refractivity contribution in [3.8, 4) is 0 Å². The van der Waals surface area contributed by atoms with E-state index < -0.39 is 0 Å². The lowest BCUT2D eigenvalue weighted by Crippen LogP contribution is -2.45. The number of hydrogen-bond donors (Lipinski definition) is 0. The third-order valence-electron chi connectivity index (χ3n) is 4.36. The number of hydrogen-bond acceptors (Lipinski definition) is 5. The largest absolute Gasteiger partial charge is 0.378 e. The van der Waals surface area contributed by atoms with E-state index in [0.717, 1.165) is 12.8 Å². The second kappa shape index (κ2) is 6.60. The van der Waals surface area contributed by atoms with E-state index in [1.54, 1.807) is 0 Å². The molecule has 1 aromatic rings. The van der Waals surface area contributed by atoms with Crippen LogP contribution in [-0.4, -0.2) is 47.3 Å². The topological polar surface area (TPSA) is 68.5 Å². The van der Waals surface area contributed by atoms with E-state index in [4.69, 9.17) is 9.26 Å². The Morgan fingerprint density at radius 3 is 2.68 bits per heavy atom. The fourth-order valence-electron chi connectivity index (χ4n) is 3.01. The van der Waals surface area contributed by atoms with Gasteiger partial charge in [-0.3, -0.25) is 4.79 Å². The molecule has 0 aromatic carbocycles. The molecule has 2 heterocycles. The third-order valence-corrected chi connectivity index (χ3v) is 4.36. The van der Waals surface area contributed by atoms with E-state index in [1.165, 1.54) is 0 Å². The van der Waals surface area contributed by atoms with Crippen LogP contribution in [0.5, 0.6) is 0 Å². The molecular weight excluding hydrogens is 282 g/mol. The minimum atomic E-state index is -0.108. The molecule has 1 saturated heterocycles. The van der Waals surface area contributed by atoms with Gasteiger partial charge in [-0.25, -0.2) is 0 Å². The van der Waals surface area contributed by atoms with Crippen LogP contribution in [0.1, 0.15) is 50.2 Å². The first-order chi connectivity index (χ1) is 10.7. The molecule has 1 aliphatic carbocycles. The Morgan fingerprint density at radius 1 is 1.27 bits per heavy atom. The number of nitrogens with zero attached hydrogens (tertiary/aromatic N) is 3. The fourth-order valence-corrected chi connectivity index (χ4v) is 3.01. The van der Waals surface area contributed by atoms with Crippen LogP contribution in [0.15, 0.2) is 16.7 Å². The van der Waals surface area contributed by atoms with Gasteiger partial charge in [0.1, 0.15) is 0 Å². The van der Waals surface area contributed by atoms with Crippen molar-refractivity contribution in [3.63, 3.8) is 0 Å². The number of rotatable bonds is 3. The Labute approximate surface area is 130 Å². The number of carbonyl (C=O) groups excluding carboxylic acids is 1. The van der Waals surface area contributed by atoms with Crippen molar-refractivity contribution in [1.82, 2.24) is 15.0 Å². The van der Waals surface area contributed by atoms with Crippen molar-refractivity contribution in [2.24, 2.45) is 5.92 Å². The first-order valence-electron chi connectivity index (χ1n) is 8.02. The molecular formula is C16H23N3O3. The van der Waals surface area contributed by atoms with Crippen molar-refractivity contribution in [3.05, 3.63) is 23.9 Å². The number of carbonyl (C=O) groups is 1. The quantitative estimate of drug-likeness (QED) is 0.800. The highest BCUT2D eigenvalue weighted by Crippen LogP contribution is 2.35. The second-order valence-corrected chi connectivity index (χ2v) is 6.24. The van der Waals surface area contributed by atoms with Gasteiger partial charge in [0.05, 0.1) is 25.0 Å². The van der Waals surface area contributed by atoms with Crippen molar-refractivity contribution >= 4 is 5.91 Å². The third kappa shape index (κ3) is 3.06. The minimum absolute atomic E-state index is 0.0136. The lowest BCUT2D eigenvalue weighted by molar-refractivity contribution is -0.140. The van der Waals surface area contributed by atoms with Crippen molar-refractivity contribution in [2.75, 3.05) is 26.3 Å². The zero-order valence-corrected chi connectivity index (χ0v) is 13.2. The summed E-state index contributed by atoms with van der Waals surface area (Å²) in [4.78, 5) is 19.2. The van der Waals surface area contributed by atoms with E-state index in [-0.39, 0.29) is 23.7 Å². The minimum Gasteiger partial charge on any atom is -0.378 e. The summed E-state index contributed by atoms with van der Waals surface area (Å²) in [6.45, 7) is 6.66. The van der Waals surface area contributed by atoms with E-state index in [2.05, 4.69) is 22.3 Å². The SMILES string of the molecule is CC(C)c1noc([C@H]2CC=CC[C@H]2C(=O)N2CCOCC2)n1. The number of morpholine rings is 1. The maximum Gasteiger partial charge on any atom is 0.230 e. The molecule has 6 heteroatoms. The van der Waals surface area contributed by atoms with Gasteiger partial charge < -0.3 is 14.2 Å². The molecule has 0 spiro atoms. The van der Waals surface area contributed by atoms with E-state index >= 15 is 0 Å². The Kier molecular flexibility index (Phi) is 4.57. The zero-order valence-electron chi connectivity index (χ0n) is 13.2. The predicted octanol–water partition coefficient (Wildman–Crippen LogP) is 2.10. The molecule has 1 fully saturated rings. The highest BCUT2D eigenvalue weighted by Gasteiger charge is 2.36. The first-order valence-corrected chi connectivity index (χ1v) is 8.02. The summed E-state index contributed by atoms with van der Waals surface area (Å²) in [6.07, 6.45) is 5.70. The number of amides is 1. The van der Waals surface area contributed by atoms with Crippen LogP contribution in [0.25, 0.3) is 0 Å². The van der Waals surface area contributed by atoms with Gasteiger partial charge in [-0.05, 0) is 12.8 Å². The zero-order chi connectivity index (χ0) is 15.5. The molecule has 2 atom stereocenters. The molecule has 0 N–H and O–H groups in total. The normalized spacial score (nSPS) is 25.7. The summed E-state index contributed by atoms with van der Waals surface area (Å²) >= 11 is 0. The average molecular weight is 305 g/mol. The Morgan fingerprint density at radius 2 is 2.00 bits per heavy atom.